The normalized spacial score (nSPS) is 16.3. The summed E-state index contributed by atoms with van der Waals surface area (Å²) in [6.07, 6.45) is 2.18. The fraction of sp³-hybridized carbons (Fsp3) is 0.429. The number of methoxy groups -OCH3 is 1. The molecule has 29 heavy (non-hydrogen) atoms. The van der Waals surface area contributed by atoms with E-state index in [1.165, 1.54) is 18.1 Å². The van der Waals surface area contributed by atoms with E-state index in [2.05, 4.69) is 6.58 Å². The van der Waals surface area contributed by atoms with E-state index in [4.69, 9.17) is 4.74 Å². The van der Waals surface area contributed by atoms with Crippen molar-refractivity contribution >= 4 is 21.8 Å². The standard InChI is InChI=1S/C21H28N2O5S/c1-6-29(26,27)18-11-7-9-16(14-18)13-17-10-8-12-23(17)21(25)22(4)19(15(2)3)20(24)28-5/h6-7,9,11,14,17H,1,8,10,12-13H2,2-5H3. The van der Waals surface area contributed by atoms with Crippen LogP contribution < -0.4 is 0 Å². The molecule has 1 aliphatic rings. The molecule has 0 N–H and O–H groups in total. The van der Waals surface area contributed by atoms with Crippen molar-refractivity contribution in [1.82, 2.24) is 9.80 Å². The van der Waals surface area contributed by atoms with Crippen molar-refractivity contribution < 1.29 is 22.7 Å². The molecule has 0 aromatic heterocycles. The predicted octanol–water partition coefficient (Wildman–Crippen LogP) is 3.13. The van der Waals surface area contributed by atoms with Gasteiger partial charge in [-0.3, -0.25) is 4.90 Å². The molecule has 0 aliphatic carbocycles. The first-order chi connectivity index (χ1) is 13.6. The van der Waals surface area contributed by atoms with Crippen molar-refractivity contribution in [3.05, 3.63) is 53.1 Å². The second kappa shape index (κ2) is 9.26. The number of hydrogen-bond donors (Lipinski definition) is 0. The van der Waals surface area contributed by atoms with Gasteiger partial charge in [-0.1, -0.05) is 18.7 Å². The van der Waals surface area contributed by atoms with Crippen LogP contribution in [0.1, 0.15) is 32.3 Å². The first-order valence-corrected chi connectivity index (χ1v) is 10.9. The molecule has 1 unspecified atom stereocenters. The van der Waals surface area contributed by atoms with E-state index in [1.807, 2.05) is 6.07 Å². The maximum atomic E-state index is 13.1. The number of likely N-dealkylation sites (N-methyl/N-ethyl adjacent to an activating group) is 1. The van der Waals surface area contributed by atoms with Gasteiger partial charge in [-0.15, -0.1) is 0 Å². The van der Waals surface area contributed by atoms with Gasteiger partial charge < -0.3 is 9.64 Å². The molecule has 0 radical (unpaired) electrons. The fourth-order valence-electron chi connectivity index (χ4n) is 3.58. The van der Waals surface area contributed by atoms with Crippen LogP contribution in [0.5, 0.6) is 0 Å². The predicted molar refractivity (Wildman–Crippen MR) is 111 cm³/mol. The summed E-state index contributed by atoms with van der Waals surface area (Å²) in [5.41, 5.74) is 1.74. The Labute approximate surface area is 172 Å². The van der Waals surface area contributed by atoms with E-state index < -0.39 is 15.8 Å². The quantitative estimate of drug-likeness (QED) is 0.521. The minimum absolute atomic E-state index is 0.0808. The molecule has 2 amide bonds. The van der Waals surface area contributed by atoms with Crippen LogP contribution in [0.3, 0.4) is 0 Å². The Balaban J connectivity index is 2.23. The third-order valence-corrected chi connectivity index (χ3v) is 6.37. The maximum Gasteiger partial charge on any atom is 0.354 e. The molecule has 1 aromatic rings. The summed E-state index contributed by atoms with van der Waals surface area (Å²) in [5, 5.41) is 0.931. The number of hydrogen-bond acceptors (Lipinski definition) is 5. The highest BCUT2D eigenvalue weighted by atomic mass is 32.2. The van der Waals surface area contributed by atoms with E-state index in [-0.39, 0.29) is 22.7 Å². The molecule has 158 valence electrons. The smallest absolute Gasteiger partial charge is 0.354 e. The number of ether oxygens (including phenoxy) is 1. The summed E-state index contributed by atoms with van der Waals surface area (Å²) >= 11 is 0. The number of rotatable bonds is 6. The van der Waals surface area contributed by atoms with Gasteiger partial charge in [-0.05, 0) is 56.4 Å². The Hall–Kier alpha value is -2.61. The van der Waals surface area contributed by atoms with Crippen LogP contribution in [0.15, 0.2) is 52.4 Å². The van der Waals surface area contributed by atoms with E-state index in [0.29, 0.717) is 18.5 Å². The molecule has 1 aromatic carbocycles. The number of urea groups is 1. The van der Waals surface area contributed by atoms with Crippen molar-refractivity contribution in [2.24, 2.45) is 0 Å². The first-order valence-electron chi connectivity index (χ1n) is 9.39. The van der Waals surface area contributed by atoms with Gasteiger partial charge in [0, 0.05) is 25.0 Å². The van der Waals surface area contributed by atoms with E-state index >= 15 is 0 Å². The Kier molecular flexibility index (Phi) is 7.24. The molecule has 1 aliphatic heterocycles. The van der Waals surface area contributed by atoms with Crippen molar-refractivity contribution in [2.75, 3.05) is 20.7 Å². The fourth-order valence-corrected chi connectivity index (χ4v) is 4.36. The minimum atomic E-state index is -3.51. The van der Waals surface area contributed by atoms with Crippen LogP contribution in [-0.2, 0) is 25.8 Å². The monoisotopic (exact) mass is 420 g/mol. The average molecular weight is 421 g/mol. The SMILES string of the molecule is C=CS(=O)(=O)c1cccc(CC2CCCN2C(=O)N(C)C(C(=O)OC)=C(C)C)c1. The van der Waals surface area contributed by atoms with Gasteiger partial charge in [0.05, 0.1) is 12.0 Å². The number of nitrogens with zero attached hydrogens (tertiary/aromatic N) is 2. The molecule has 1 saturated heterocycles. The molecule has 2 rings (SSSR count). The summed E-state index contributed by atoms with van der Waals surface area (Å²) < 4.78 is 28.9. The second-order valence-corrected chi connectivity index (χ2v) is 9.13. The zero-order valence-corrected chi connectivity index (χ0v) is 18.2. The number of amides is 2. The highest BCUT2D eigenvalue weighted by Crippen LogP contribution is 2.25. The molecular weight excluding hydrogens is 392 g/mol. The largest absolute Gasteiger partial charge is 0.464 e. The Bertz CT molecular complexity index is 932. The number of allylic oxidation sites excluding steroid dienone is 1. The van der Waals surface area contributed by atoms with Gasteiger partial charge >= 0.3 is 12.0 Å². The van der Waals surface area contributed by atoms with Crippen LogP contribution in [-0.4, -0.2) is 57.0 Å². The minimum Gasteiger partial charge on any atom is -0.464 e. The van der Waals surface area contributed by atoms with Gasteiger partial charge in [0.2, 0.25) is 0 Å². The van der Waals surface area contributed by atoms with E-state index in [0.717, 1.165) is 23.8 Å². The third-order valence-electron chi connectivity index (χ3n) is 5.02. The summed E-state index contributed by atoms with van der Waals surface area (Å²) in [5.74, 6) is -0.557. The van der Waals surface area contributed by atoms with Crippen molar-refractivity contribution in [1.29, 1.82) is 0 Å². The number of sulfone groups is 1. The van der Waals surface area contributed by atoms with Crippen LogP contribution in [0.4, 0.5) is 4.79 Å². The van der Waals surface area contributed by atoms with Crippen molar-refractivity contribution in [3.63, 3.8) is 0 Å². The zero-order valence-electron chi connectivity index (χ0n) is 17.3. The molecule has 0 bridgehead atoms. The lowest BCUT2D eigenvalue weighted by Crippen LogP contribution is -2.45. The molecule has 1 atom stereocenters. The highest BCUT2D eigenvalue weighted by molar-refractivity contribution is 7.94. The van der Waals surface area contributed by atoms with E-state index in [9.17, 15) is 18.0 Å². The molecular formula is C21H28N2O5S. The Morgan fingerprint density at radius 2 is 2.03 bits per heavy atom. The van der Waals surface area contributed by atoms with Crippen LogP contribution in [0, 0.1) is 0 Å². The first kappa shape index (κ1) is 22.7. The number of esters is 1. The molecule has 1 fully saturated rings. The molecule has 0 saturated carbocycles. The summed E-state index contributed by atoms with van der Waals surface area (Å²) in [7, 11) is -0.665. The lowest BCUT2D eigenvalue weighted by Gasteiger charge is -2.30. The zero-order chi connectivity index (χ0) is 21.8. The summed E-state index contributed by atoms with van der Waals surface area (Å²) in [6.45, 7) is 7.44. The Morgan fingerprint density at radius 3 is 2.62 bits per heavy atom. The molecule has 1 heterocycles. The number of carbonyl (C=O) groups excluding carboxylic acids is 2. The van der Waals surface area contributed by atoms with Gasteiger partial charge in [0.15, 0.2) is 9.84 Å². The van der Waals surface area contributed by atoms with Crippen LogP contribution >= 0.6 is 0 Å². The van der Waals surface area contributed by atoms with Crippen molar-refractivity contribution in [2.45, 2.75) is 44.0 Å². The highest BCUT2D eigenvalue weighted by Gasteiger charge is 2.33. The van der Waals surface area contributed by atoms with Crippen LogP contribution in [0.2, 0.25) is 0 Å². The molecule has 8 heteroatoms. The van der Waals surface area contributed by atoms with Crippen molar-refractivity contribution in [3.8, 4) is 0 Å². The van der Waals surface area contributed by atoms with E-state index in [1.54, 1.807) is 37.9 Å². The lowest BCUT2D eigenvalue weighted by molar-refractivity contribution is -0.137. The van der Waals surface area contributed by atoms with Gasteiger partial charge in [-0.2, -0.15) is 0 Å². The molecule has 0 spiro atoms. The number of carbonyl (C=O) groups is 2. The lowest BCUT2D eigenvalue weighted by atomic mass is 10.0. The Morgan fingerprint density at radius 1 is 1.34 bits per heavy atom. The third kappa shape index (κ3) is 5.06. The van der Waals surface area contributed by atoms with Crippen LogP contribution in [0.25, 0.3) is 0 Å². The molecule has 7 nitrogen and oxygen atoms in total. The van der Waals surface area contributed by atoms with Gasteiger partial charge in [-0.25, -0.2) is 18.0 Å². The number of benzene rings is 1. The summed E-state index contributed by atoms with van der Waals surface area (Å²) in [4.78, 5) is 28.4. The summed E-state index contributed by atoms with van der Waals surface area (Å²) in [6, 6.07) is 6.34. The van der Waals surface area contributed by atoms with Gasteiger partial charge in [0.25, 0.3) is 0 Å². The number of likely N-dealkylation sites (tertiary alicyclic amines) is 1. The van der Waals surface area contributed by atoms with Gasteiger partial charge in [0.1, 0.15) is 5.70 Å². The maximum absolute atomic E-state index is 13.1. The second-order valence-electron chi connectivity index (χ2n) is 7.23. The average Bonchev–Trinajstić information content (AvgIpc) is 3.15. The topological polar surface area (TPSA) is 84.0 Å².